The van der Waals surface area contributed by atoms with Crippen molar-refractivity contribution in [2.24, 2.45) is 0 Å². The summed E-state index contributed by atoms with van der Waals surface area (Å²) in [6.45, 7) is 3.34. The highest BCUT2D eigenvalue weighted by Gasteiger charge is 2.23. The van der Waals surface area contributed by atoms with Crippen LogP contribution in [0.2, 0.25) is 0 Å². The third-order valence-electron chi connectivity index (χ3n) is 3.34. The monoisotopic (exact) mass is 277 g/mol. The maximum atomic E-state index is 11.9. The zero-order valence-electron chi connectivity index (χ0n) is 11.8. The number of rotatable bonds is 4. The number of nitrogens with one attached hydrogen (secondary N) is 1. The van der Waals surface area contributed by atoms with E-state index in [1.807, 2.05) is 0 Å². The number of carbonyl (C=O) groups is 2. The molecule has 2 rings (SSSR count). The van der Waals surface area contributed by atoms with Crippen LogP contribution in [0.15, 0.2) is 12.4 Å². The van der Waals surface area contributed by atoms with Gasteiger partial charge in [-0.25, -0.2) is 9.78 Å². The molecular weight excluding hydrogens is 258 g/mol. The maximum absolute atomic E-state index is 11.9. The van der Waals surface area contributed by atoms with Crippen LogP contribution >= 0.6 is 0 Å². The Morgan fingerprint density at radius 2 is 2.00 bits per heavy atom. The molecule has 1 atom stereocenters. The second kappa shape index (κ2) is 6.45. The zero-order valence-corrected chi connectivity index (χ0v) is 11.8. The molecule has 0 radical (unpaired) electrons. The van der Waals surface area contributed by atoms with E-state index in [4.69, 9.17) is 4.74 Å². The molecule has 1 aromatic heterocycles. The van der Waals surface area contributed by atoms with Gasteiger partial charge in [-0.1, -0.05) is 12.8 Å². The van der Waals surface area contributed by atoms with E-state index in [9.17, 15) is 9.59 Å². The minimum atomic E-state index is -0.828. The van der Waals surface area contributed by atoms with E-state index in [1.54, 1.807) is 13.8 Å². The first kappa shape index (κ1) is 14.4. The number of carbonyl (C=O) groups excluding carboxylic acids is 2. The lowest BCUT2D eigenvalue weighted by molar-refractivity contribution is -0.129. The van der Waals surface area contributed by atoms with E-state index < -0.39 is 12.1 Å². The van der Waals surface area contributed by atoms with Crippen LogP contribution in [-0.2, 0) is 9.53 Å². The van der Waals surface area contributed by atoms with Crippen LogP contribution in [0.3, 0.4) is 0 Å². The lowest BCUT2D eigenvalue weighted by atomic mass is 10.2. The van der Waals surface area contributed by atoms with Gasteiger partial charge >= 0.3 is 5.97 Å². The van der Waals surface area contributed by atoms with Gasteiger partial charge in [0.15, 0.2) is 11.8 Å². The van der Waals surface area contributed by atoms with Gasteiger partial charge in [-0.15, -0.1) is 0 Å². The van der Waals surface area contributed by atoms with E-state index >= 15 is 0 Å². The summed E-state index contributed by atoms with van der Waals surface area (Å²) < 4.78 is 5.09. The standard InChI is InChI=1S/C14H19N3O3/c1-9-7-16-12(8-15-9)14(19)20-10(2)13(18)17-11-5-3-4-6-11/h7-8,10-11H,3-6H2,1-2H3,(H,17,18). The average Bonchev–Trinajstić information content (AvgIpc) is 2.92. The molecule has 1 aliphatic carbocycles. The van der Waals surface area contributed by atoms with Gasteiger partial charge in [0.2, 0.25) is 0 Å². The molecule has 1 aliphatic rings. The molecule has 6 heteroatoms. The number of nitrogens with zero attached hydrogens (tertiary/aromatic N) is 2. The molecule has 0 bridgehead atoms. The molecular formula is C14H19N3O3. The highest BCUT2D eigenvalue weighted by Crippen LogP contribution is 2.17. The lowest BCUT2D eigenvalue weighted by Gasteiger charge is -2.16. The minimum absolute atomic E-state index is 0.108. The van der Waals surface area contributed by atoms with Crippen LogP contribution < -0.4 is 5.32 Å². The summed E-state index contributed by atoms with van der Waals surface area (Å²) in [6.07, 6.45) is 6.27. The van der Waals surface area contributed by atoms with Crippen molar-refractivity contribution >= 4 is 11.9 Å². The molecule has 20 heavy (non-hydrogen) atoms. The molecule has 1 N–H and O–H groups in total. The summed E-state index contributed by atoms with van der Waals surface area (Å²) in [7, 11) is 0. The zero-order chi connectivity index (χ0) is 14.5. The number of esters is 1. The first-order chi connectivity index (χ1) is 9.56. The second-order valence-corrected chi connectivity index (χ2v) is 5.08. The van der Waals surface area contributed by atoms with Gasteiger partial charge in [-0.3, -0.25) is 9.78 Å². The van der Waals surface area contributed by atoms with E-state index in [0.717, 1.165) is 25.7 Å². The normalized spacial score (nSPS) is 16.7. The van der Waals surface area contributed by atoms with Crippen molar-refractivity contribution in [2.75, 3.05) is 0 Å². The molecule has 1 amide bonds. The first-order valence-corrected chi connectivity index (χ1v) is 6.86. The van der Waals surface area contributed by atoms with Crippen molar-refractivity contribution in [3.8, 4) is 0 Å². The van der Waals surface area contributed by atoms with Gasteiger partial charge in [0.05, 0.1) is 11.9 Å². The highest BCUT2D eigenvalue weighted by molar-refractivity contribution is 5.90. The molecule has 0 spiro atoms. The van der Waals surface area contributed by atoms with Crippen molar-refractivity contribution in [1.29, 1.82) is 0 Å². The van der Waals surface area contributed by atoms with Crippen molar-refractivity contribution in [2.45, 2.75) is 51.7 Å². The van der Waals surface area contributed by atoms with Gasteiger partial charge in [0.1, 0.15) is 0 Å². The molecule has 0 aromatic carbocycles. The molecule has 108 valence electrons. The van der Waals surface area contributed by atoms with Gasteiger partial charge < -0.3 is 10.1 Å². The largest absolute Gasteiger partial charge is 0.448 e. The Labute approximate surface area is 118 Å². The summed E-state index contributed by atoms with van der Waals surface area (Å²) in [5, 5.41) is 2.89. The number of hydrogen-bond donors (Lipinski definition) is 1. The SMILES string of the molecule is Cc1cnc(C(=O)OC(C)C(=O)NC2CCCC2)cn1. The van der Waals surface area contributed by atoms with Crippen LogP contribution in [0.5, 0.6) is 0 Å². The predicted molar refractivity (Wildman–Crippen MR) is 72.0 cm³/mol. The fraction of sp³-hybridized carbons (Fsp3) is 0.571. The van der Waals surface area contributed by atoms with Crippen LogP contribution in [0, 0.1) is 6.92 Å². The molecule has 1 saturated carbocycles. The number of aromatic nitrogens is 2. The molecule has 1 heterocycles. The fourth-order valence-corrected chi connectivity index (χ4v) is 2.16. The Balaban J connectivity index is 1.86. The predicted octanol–water partition coefficient (Wildman–Crippen LogP) is 1.39. The third kappa shape index (κ3) is 3.76. The van der Waals surface area contributed by atoms with Gasteiger partial charge in [0, 0.05) is 12.2 Å². The van der Waals surface area contributed by atoms with Crippen LogP contribution in [0.1, 0.15) is 48.8 Å². The quantitative estimate of drug-likeness (QED) is 0.841. The summed E-state index contributed by atoms with van der Waals surface area (Å²) in [5.74, 6) is -0.892. The molecule has 0 aliphatic heterocycles. The maximum Gasteiger partial charge on any atom is 0.359 e. The number of aryl methyl sites for hydroxylation is 1. The minimum Gasteiger partial charge on any atom is -0.448 e. The molecule has 6 nitrogen and oxygen atoms in total. The summed E-state index contributed by atoms with van der Waals surface area (Å²) >= 11 is 0. The smallest absolute Gasteiger partial charge is 0.359 e. The molecule has 1 fully saturated rings. The van der Waals surface area contributed by atoms with E-state index in [-0.39, 0.29) is 17.6 Å². The van der Waals surface area contributed by atoms with Crippen molar-refractivity contribution in [3.05, 3.63) is 23.8 Å². The van der Waals surface area contributed by atoms with Gasteiger partial charge in [-0.2, -0.15) is 0 Å². The first-order valence-electron chi connectivity index (χ1n) is 6.86. The topological polar surface area (TPSA) is 81.2 Å². The van der Waals surface area contributed by atoms with E-state index in [0.29, 0.717) is 5.69 Å². The Kier molecular flexibility index (Phi) is 4.65. The summed E-state index contributed by atoms with van der Waals surface area (Å²) in [6, 6.07) is 0.211. The Morgan fingerprint density at radius 3 is 2.60 bits per heavy atom. The summed E-state index contributed by atoms with van der Waals surface area (Å²) in [4.78, 5) is 31.6. The molecule has 0 saturated heterocycles. The van der Waals surface area contributed by atoms with Crippen LogP contribution in [-0.4, -0.2) is 34.0 Å². The van der Waals surface area contributed by atoms with Crippen molar-refractivity contribution in [3.63, 3.8) is 0 Å². The number of amides is 1. The van der Waals surface area contributed by atoms with E-state index in [1.165, 1.54) is 12.4 Å². The Morgan fingerprint density at radius 1 is 1.30 bits per heavy atom. The lowest BCUT2D eigenvalue weighted by Crippen LogP contribution is -2.40. The van der Waals surface area contributed by atoms with Crippen LogP contribution in [0.4, 0.5) is 0 Å². The van der Waals surface area contributed by atoms with Crippen molar-refractivity contribution < 1.29 is 14.3 Å². The molecule has 1 unspecified atom stereocenters. The molecule has 1 aromatic rings. The second-order valence-electron chi connectivity index (χ2n) is 5.08. The third-order valence-corrected chi connectivity index (χ3v) is 3.34. The van der Waals surface area contributed by atoms with Gasteiger partial charge in [0.25, 0.3) is 5.91 Å². The average molecular weight is 277 g/mol. The highest BCUT2D eigenvalue weighted by atomic mass is 16.5. The number of ether oxygens (including phenoxy) is 1. The van der Waals surface area contributed by atoms with Crippen molar-refractivity contribution in [1.82, 2.24) is 15.3 Å². The Bertz CT molecular complexity index is 481. The fourth-order valence-electron chi connectivity index (χ4n) is 2.16. The van der Waals surface area contributed by atoms with Gasteiger partial charge in [-0.05, 0) is 26.7 Å². The summed E-state index contributed by atoms with van der Waals surface area (Å²) in [5.41, 5.74) is 0.824. The van der Waals surface area contributed by atoms with Crippen LogP contribution in [0.25, 0.3) is 0 Å². The number of hydrogen-bond acceptors (Lipinski definition) is 5. The van der Waals surface area contributed by atoms with E-state index in [2.05, 4.69) is 15.3 Å². The Hall–Kier alpha value is -1.98.